The number of benzene rings is 2. The molecule has 0 aliphatic heterocycles. The molecule has 0 spiro atoms. The molecule has 0 saturated heterocycles. The molecule has 0 amide bonds. The quantitative estimate of drug-likeness (QED) is 0.698. The minimum atomic E-state index is -0.423. The van der Waals surface area contributed by atoms with Crippen LogP contribution in [0.15, 0.2) is 39.6 Å². The first kappa shape index (κ1) is 13.8. The Morgan fingerprint density at radius 1 is 1.14 bits per heavy atom. The molecule has 0 aliphatic rings. The van der Waals surface area contributed by atoms with E-state index >= 15 is 0 Å². The molecule has 21 heavy (non-hydrogen) atoms. The zero-order valence-corrected chi connectivity index (χ0v) is 12.5. The van der Waals surface area contributed by atoms with E-state index in [2.05, 4.69) is 25.9 Å². The van der Waals surface area contributed by atoms with Crippen molar-refractivity contribution in [3.05, 3.63) is 67.8 Å². The summed E-state index contributed by atoms with van der Waals surface area (Å²) in [5, 5.41) is 0. The number of H-pyrrole nitrogens is 2. The average molecular weight is 349 g/mol. The maximum absolute atomic E-state index is 13.6. The second kappa shape index (κ2) is 4.96. The number of rotatable bonds is 2. The molecule has 3 rings (SSSR count). The standard InChI is InChI=1S/C15H10BrFN2O2/c1-7-2-3-8(4-11(7)17)14(20)9-5-12-13(6-10(9)16)19-15(21)18-12/h2-6H,1H3,(H2,18,19,21). The van der Waals surface area contributed by atoms with Crippen LogP contribution in [-0.2, 0) is 0 Å². The molecule has 0 radical (unpaired) electrons. The maximum atomic E-state index is 13.6. The molecular weight excluding hydrogens is 339 g/mol. The summed E-state index contributed by atoms with van der Waals surface area (Å²) in [7, 11) is 0. The van der Waals surface area contributed by atoms with E-state index in [-0.39, 0.29) is 17.0 Å². The first-order chi connectivity index (χ1) is 9.95. The number of halogens is 2. The van der Waals surface area contributed by atoms with Gasteiger partial charge in [-0.3, -0.25) is 4.79 Å². The molecule has 1 heterocycles. The Morgan fingerprint density at radius 3 is 2.48 bits per heavy atom. The van der Waals surface area contributed by atoms with E-state index in [1.54, 1.807) is 31.2 Å². The van der Waals surface area contributed by atoms with Crippen molar-refractivity contribution in [1.29, 1.82) is 0 Å². The van der Waals surface area contributed by atoms with E-state index < -0.39 is 5.82 Å². The van der Waals surface area contributed by atoms with Gasteiger partial charge in [0.2, 0.25) is 0 Å². The Bertz CT molecular complexity index is 927. The van der Waals surface area contributed by atoms with Crippen LogP contribution in [0, 0.1) is 12.7 Å². The molecule has 0 saturated carbocycles. The van der Waals surface area contributed by atoms with Gasteiger partial charge in [-0.25, -0.2) is 9.18 Å². The molecule has 2 N–H and O–H groups in total. The third-order valence-corrected chi connectivity index (χ3v) is 3.94. The van der Waals surface area contributed by atoms with E-state index in [0.29, 0.717) is 26.6 Å². The topological polar surface area (TPSA) is 65.7 Å². The number of fused-ring (bicyclic) bond motifs is 1. The van der Waals surface area contributed by atoms with Crippen molar-refractivity contribution in [1.82, 2.24) is 9.97 Å². The van der Waals surface area contributed by atoms with E-state index in [0.717, 1.165) is 0 Å². The molecule has 0 aliphatic carbocycles. The first-order valence-corrected chi connectivity index (χ1v) is 6.97. The van der Waals surface area contributed by atoms with Gasteiger partial charge in [0.1, 0.15) is 5.82 Å². The zero-order valence-electron chi connectivity index (χ0n) is 11.0. The number of aryl methyl sites for hydroxylation is 1. The van der Waals surface area contributed by atoms with Gasteiger partial charge in [0.15, 0.2) is 5.78 Å². The first-order valence-electron chi connectivity index (χ1n) is 6.18. The summed E-state index contributed by atoms with van der Waals surface area (Å²) in [5.74, 6) is -0.738. The van der Waals surface area contributed by atoms with Crippen LogP contribution in [0.4, 0.5) is 4.39 Å². The number of nitrogens with one attached hydrogen (secondary N) is 2. The van der Waals surface area contributed by atoms with Gasteiger partial charge in [0.25, 0.3) is 0 Å². The molecular formula is C15H10BrFN2O2. The highest BCUT2D eigenvalue weighted by Crippen LogP contribution is 2.25. The lowest BCUT2D eigenvalue weighted by molar-refractivity contribution is 0.103. The number of ketones is 1. The van der Waals surface area contributed by atoms with Gasteiger partial charge in [-0.1, -0.05) is 12.1 Å². The molecule has 106 valence electrons. The highest BCUT2D eigenvalue weighted by atomic mass is 79.9. The maximum Gasteiger partial charge on any atom is 0.323 e. The van der Waals surface area contributed by atoms with Gasteiger partial charge in [-0.05, 0) is 46.6 Å². The monoisotopic (exact) mass is 348 g/mol. The molecule has 6 heteroatoms. The van der Waals surface area contributed by atoms with Crippen molar-refractivity contribution in [3.63, 3.8) is 0 Å². The predicted octanol–water partition coefficient (Wildman–Crippen LogP) is 3.30. The van der Waals surface area contributed by atoms with Crippen LogP contribution in [0.2, 0.25) is 0 Å². The minimum Gasteiger partial charge on any atom is -0.306 e. The lowest BCUT2D eigenvalue weighted by Gasteiger charge is -2.05. The van der Waals surface area contributed by atoms with Crippen molar-refractivity contribution in [2.45, 2.75) is 6.92 Å². The fourth-order valence-corrected chi connectivity index (χ4v) is 2.64. The largest absolute Gasteiger partial charge is 0.323 e. The van der Waals surface area contributed by atoms with Gasteiger partial charge < -0.3 is 9.97 Å². The molecule has 3 aromatic rings. The van der Waals surface area contributed by atoms with Crippen LogP contribution in [0.1, 0.15) is 21.5 Å². The Balaban J connectivity index is 2.14. The summed E-state index contributed by atoms with van der Waals surface area (Å²) in [6, 6.07) is 7.57. The van der Waals surface area contributed by atoms with Crippen LogP contribution >= 0.6 is 15.9 Å². The van der Waals surface area contributed by atoms with Crippen molar-refractivity contribution in [3.8, 4) is 0 Å². The zero-order chi connectivity index (χ0) is 15.1. The van der Waals surface area contributed by atoms with E-state index in [4.69, 9.17) is 0 Å². The Kier molecular flexibility index (Phi) is 3.25. The summed E-state index contributed by atoms with van der Waals surface area (Å²) in [6.45, 7) is 1.64. The summed E-state index contributed by atoms with van der Waals surface area (Å²) in [6.07, 6.45) is 0. The van der Waals surface area contributed by atoms with Crippen LogP contribution in [0.3, 0.4) is 0 Å². The van der Waals surface area contributed by atoms with Gasteiger partial charge in [-0.2, -0.15) is 0 Å². The number of hydrogen-bond donors (Lipinski definition) is 2. The Morgan fingerprint density at radius 2 is 1.81 bits per heavy atom. The SMILES string of the molecule is Cc1ccc(C(=O)c2cc3[nH]c(=O)[nH]c3cc2Br)cc1F. The molecule has 1 aromatic heterocycles. The second-order valence-corrected chi connectivity index (χ2v) is 5.60. The van der Waals surface area contributed by atoms with Gasteiger partial charge in [0, 0.05) is 15.6 Å². The lowest BCUT2D eigenvalue weighted by atomic mass is 10.0. The fourth-order valence-electron chi connectivity index (χ4n) is 2.12. The van der Waals surface area contributed by atoms with E-state index in [9.17, 15) is 14.0 Å². The van der Waals surface area contributed by atoms with Gasteiger partial charge >= 0.3 is 5.69 Å². The van der Waals surface area contributed by atoms with Crippen molar-refractivity contribution < 1.29 is 9.18 Å². The third kappa shape index (κ3) is 2.42. The van der Waals surface area contributed by atoms with Crippen LogP contribution in [-0.4, -0.2) is 15.8 Å². The average Bonchev–Trinajstić information content (AvgIpc) is 2.79. The Labute approximate surface area is 127 Å². The van der Waals surface area contributed by atoms with E-state index in [1.165, 1.54) is 6.07 Å². The van der Waals surface area contributed by atoms with Crippen LogP contribution < -0.4 is 5.69 Å². The highest BCUT2D eigenvalue weighted by Gasteiger charge is 2.16. The molecule has 0 bridgehead atoms. The summed E-state index contributed by atoms with van der Waals surface area (Å²) < 4.78 is 14.1. The predicted molar refractivity (Wildman–Crippen MR) is 81.2 cm³/mol. The fraction of sp³-hybridized carbons (Fsp3) is 0.0667. The number of aromatic amines is 2. The summed E-state index contributed by atoms with van der Waals surface area (Å²) >= 11 is 3.31. The van der Waals surface area contributed by atoms with Crippen molar-refractivity contribution in [2.75, 3.05) is 0 Å². The normalized spacial score (nSPS) is 11.0. The smallest absolute Gasteiger partial charge is 0.306 e. The molecule has 2 aromatic carbocycles. The highest BCUT2D eigenvalue weighted by molar-refractivity contribution is 9.10. The number of carbonyl (C=O) groups is 1. The number of carbonyl (C=O) groups excluding carboxylic acids is 1. The van der Waals surface area contributed by atoms with Crippen molar-refractivity contribution >= 4 is 32.7 Å². The Hall–Kier alpha value is -2.21. The van der Waals surface area contributed by atoms with Crippen LogP contribution in [0.25, 0.3) is 11.0 Å². The third-order valence-electron chi connectivity index (χ3n) is 3.28. The van der Waals surface area contributed by atoms with E-state index in [1.807, 2.05) is 0 Å². The van der Waals surface area contributed by atoms with Crippen LogP contribution in [0.5, 0.6) is 0 Å². The number of hydrogen-bond acceptors (Lipinski definition) is 2. The molecule has 0 unspecified atom stereocenters. The summed E-state index contributed by atoms with van der Waals surface area (Å²) in [4.78, 5) is 29.0. The molecule has 4 nitrogen and oxygen atoms in total. The minimum absolute atomic E-state index is 0.260. The second-order valence-electron chi connectivity index (χ2n) is 4.75. The van der Waals surface area contributed by atoms with Gasteiger partial charge in [-0.15, -0.1) is 0 Å². The summed E-state index contributed by atoms with van der Waals surface area (Å²) in [5.41, 5.74) is 1.88. The lowest BCUT2D eigenvalue weighted by Crippen LogP contribution is -2.03. The molecule has 0 atom stereocenters. The van der Waals surface area contributed by atoms with Gasteiger partial charge in [0.05, 0.1) is 11.0 Å². The van der Waals surface area contributed by atoms with Crippen molar-refractivity contribution in [2.24, 2.45) is 0 Å². The molecule has 0 fully saturated rings. The number of aromatic nitrogens is 2. The number of imidazole rings is 1.